The highest BCUT2D eigenvalue weighted by Crippen LogP contribution is 2.37. The molecule has 1 aromatic heterocycles. The lowest BCUT2D eigenvalue weighted by molar-refractivity contribution is 0.373. The maximum absolute atomic E-state index is 12.8. The lowest BCUT2D eigenvalue weighted by Crippen LogP contribution is -2.03. The van der Waals surface area contributed by atoms with Gasteiger partial charge in [0.15, 0.2) is 16.9 Å². The molecule has 32 heavy (non-hydrogen) atoms. The molecule has 168 valence electrons. The lowest BCUT2D eigenvalue weighted by atomic mass is 10.0. The van der Waals surface area contributed by atoms with E-state index >= 15 is 0 Å². The molecule has 0 atom stereocenters. The molecule has 6 nitrogen and oxygen atoms in total. The zero-order chi connectivity index (χ0) is 23.4. The molecular formula is C26H28O6. The third-order valence-electron chi connectivity index (χ3n) is 5.27. The molecule has 0 unspecified atom stereocenters. The standard InChI is InChI=1S/C26H28O6/c1-15(2)6-5-7-16(3)8-10-18-20(28)13-21(29)25-22(30)14-23(32-26(18)25)17-9-11-19(27)24(12-17)31-4/h6,8-9,11-14,27-29H,5,7,10H2,1-4H3. The Hall–Kier alpha value is -3.67. The Bertz CT molecular complexity index is 1260. The molecule has 0 radical (unpaired) electrons. The SMILES string of the molecule is COc1cc(-c2cc(=O)c3c(O)cc(O)c(CC=C(C)CCC=C(C)C)c3o2)ccc1O. The van der Waals surface area contributed by atoms with Crippen LogP contribution >= 0.6 is 0 Å². The zero-order valence-electron chi connectivity index (χ0n) is 18.7. The molecule has 2 aromatic carbocycles. The van der Waals surface area contributed by atoms with E-state index in [0.717, 1.165) is 18.4 Å². The van der Waals surface area contributed by atoms with E-state index in [4.69, 9.17) is 9.15 Å². The highest BCUT2D eigenvalue weighted by molar-refractivity contribution is 5.89. The lowest BCUT2D eigenvalue weighted by Gasteiger charge is -2.11. The Labute approximate surface area is 186 Å². The van der Waals surface area contributed by atoms with Crippen LogP contribution < -0.4 is 10.2 Å². The Kier molecular flexibility index (Phi) is 6.93. The first-order valence-electron chi connectivity index (χ1n) is 10.4. The number of allylic oxidation sites excluding steroid dienone is 4. The van der Waals surface area contributed by atoms with Crippen molar-refractivity contribution in [2.75, 3.05) is 7.11 Å². The van der Waals surface area contributed by atoms with Gasteiger partial charge in [0.1, 0.15) is 28.2 Å². The topological polar surface area (TPSA) is 100 Å². The molecule has 3 rings (SSSR count). The van der Waals surface area contributed by atoms with Gasteiger partial charge < -0.3 is 24.5 Å². The number of ether oxygens (including phenoxy) is 1. The summed E-state index contributed by atoms with van der Waals surface area (Å²) >= 11 is 0. The average molecular weight is 437 g/mol. The molecule has 0 saturated heterocycles. The number of fused-ring (bicyclic) bond motifs is 1. The second-order valence-electron chi connectivity index (χ2n) is 8.03. The molecule has 0 amide bonds. The average Bonchev–Trinajstić information content (AvgIpc) is 2.73. The molecule has 0 fully saturated rings. The van der Waals surface area contributed by atoms with Crippen molar-refractivity contribution in [3.63, 3.8) is 0 Å². The molecule has 0 aliphatic rings. The molecule has 3 aromatic rings. The second kappa shape index (κ2) is 9.64. The van der Waals surface area contributed by atoms with Crippen molar-refractivity contribution >= 4 is 11.0 Å². The number of phenolic OH excluding ortho intramolecular Hbond substituents is 3. The van der Waals surface area contributed by atoms with Gasteiger partial charge in [-0.25, -0.2) is 0 Å². The monoisotopic (exact) mass is 436 g/mol. The first-order chi connectivity index (χ1) is 15.2. The van der Waals surface area contributed by atoms with Gasteiger partial charge in [0.25, 0.3) is 0 Å². The molecule has 0 bridgehead atoms. The Balaban J connectivity index is 2.09. The molecule has 0 spiro atoms. The van der Waals surface area contributed by atoms with Crippen molar-refractivity contribution < 1.29 is 24.5 Å². The first-order valence-corrected chi connectivity index (χ1v) is 10.4. The molecule has 0 saturated carbocycles. The van der Waals surface area contributed by atoms with Crippen molar-refractivity contribution in [1.82, 2.24) is 0 Å². The summed E-state index contributed by atoms with van der Waals surface area (Å²) < 4.78 is 11.1. The molecular weight excluding hydrogens is 408 g/mol. The van der Waals surface area contributed by atoms with Crippen LogP contribution in [0, 0.1) is 0 Å². The Morgan fingerprint density at radius 1 is 1.00 bits per heavy atom. The smallest absolute Gasteiger partial charge is 0.197 e. The van der Waals surface area contributed by atoms with E-state index < -0.39 is 5.43 Å². The number of aromatic hydroxyl groups is 3. The summed E-state index contributed by atoms with van der Waals surface area (Å²) in [5.41, 5.74) is 3.04. The van der Waals surface area contributed by atoms with Gasteiger partial charge in [-0.2, -0.15) is 0 Å². The number of benzene rings is 2. The van der Waals surface area contributed by atoms with Crippen LogP contribution in [0.5, 0.6) is 23.0 Å². The molecule has 6 heteroatoms. The normalized spacial score (nSPS) is 11.6. The van der Waals surface area contributed by atoms with Gasteiger partial charge >= 0.3 is 0 Å². The number of hydrogen-bond acceptors (Lipinski definition) is 6. The summed E-state index contributed by atoms with van der Waals surface area (Å²) in [4.78, 5) is 12.8. The van der Waals surface area contributed by atoms with Crippen molar-refractivity contribution in [3.05, 3.63) is 69.4 Å². The number of hydrogen-bond donors (Lipinski definition) is 3. The Morgan fingerprint density at radius 3 is 2.44 bits per heavy atom. The number of methoxy groups -OCH3 is 1. The van der Waals surface area contributed by atoms with Gasteiger partial charge in [-0.1, -0.05) is 23.3 Å². The van der Waals surface area contributed by atoms with Gasteiger partial charge in [-0.05, 0) is 58.2 Å². The van der Waals surface area contributed by atoms with Crippen molar-refractivity contribution in [2.45, 2.75) is 40.0 Å². The highest BCUT2D eigenvalue weighted by atomic mass is 16.5. The van der Waals surface area contributed by atoms with Crippen LogP contribution in [0.15, 0.2) is 62.8 Å². The molecule has 1 heterocycles. The van der Waals surface area contributed by atoms with E-state index in [0.29, 0.717) is 17.5 Å². The van der Waals surface area contributed by atoms with Crippen molar-refractivity contribution in [3.8, 4) is 34.3 Å². The minimum absolute atomic E-state index is 0.0166. The van der Waals surface area contributed by atoms with E-state index in [1.54, 1.807) is 12.1 Å². The van der Waals surface area contributed by atoms with Crippen LogP contribution in [0.1, 0.15) is 39.2 Å². The van der Waals surface area contributed by atoms with Gasteiger partial charge in [0.2, 0.25) is 0 Å². The largest absolute Gasteiger partial charge is 0.507 e. The quantitative estimate of drug-likeness (QED) is 0.404. The maximum Gasteiger partial charge on any atom is 0.197 e. The minimum Gasteiger partial charge on any atom is -0.507 e. The van der Waals surface area contributed by atoms with Crippen LogP contribution in [-0.4, -0.2) is 22.4 Å². The summed E-state index contributed by atoms with van der Waals surface area (Å²) in [6.07, 6.45) is 6.30. The van der Waals surface area contributed by atoms with Crippen LogP contribution in [-0.2, 0) is 6.42 Å². The van der Waals surface area contributed by atoms with Gasteiger partial charge in [0, 0.05) is 23.3 Å². The van der Waals surface area contributed by atoms with Crippen molar-refractivity contribution in [1.29, 1.82) is 0 Å². The van der Waals surface area contributed by atoms with Crippen LogP contribution in [0.25, 0.3) is 22.3 Å². The number of rotatable bonds is 7. The summed E-state index contributed by atoms with van der Waals surface area (Å²) in [5, 5.41) is 30.7. The predicted molar refractivity (Wildman–Crippen MR) is 126 cm³/mol. The molecule has 3 N–H and O–H groups in total. The first kappa shape index (κ1) is 23.0. The highest BCUT2D eigenvalue weighted by Gasteiger charge is 2.18. The fourth-order valence-corrected chi connectivity index (χ4v) is 3.49. The summed E-state index contributed by atoms with van der Waals surface area (Å²) in [6.45, 7) is 6.13. The van der Waals surface area contributed by atoms with Crippen LogP contribution in [0.4, 0.5) is 0 Å². The van der Waals surface area contributed by atoms with E-state index in [1.165, 1.54) is 30.9 Å². The summed E-state index contributed by atoms with van der Waals surface area (Å²) in [6, 6.07) is 7.03. The van der Waals surface area contributed by atoms with Crippen molar-refractivity contribution in [2.24, 2.45) is 0 Å². The third-order valence-corrected chi connectivity index (χ3v) is 5.27. The van der Waals surface area contributed by atoms with Crippen LogP contribution in [0.2, 0.25) is 0 Å². The third kappa shape index (κ3) is 4.97. The maximum atomic E-state index is 12.8. The Morgan fingerprint density at radius 2 is 1.75 bits per heavy atom. The van der Waals surface area contributed by atoms with E-state index in [2.05, 4.69) is 19.9 Å². The molecule has 0 aliphatic carbocycles. The zero-order valence-corrected chi connectivity index (χ0v) is 18.7. The number of phenols is 3. The fraction of sp³-hybridized carbons (Fsp3) is 0.269. The minimum atomic E-state index is -0.434. The van der Waals surface area contributed by atoms with E-state index in [1.807, 2.05) is 13.0 Å². The van der Waals surface area contributed by atoms with E-state index in [9.17, 15) is 20.1 Å². The van der Waals surface area contributed by atoms with Gasteiger partial charge in [0.05, 0.1) is 7.11 Å². The van der Waals surface area contributed by atoms with Gasteiger partial charge in [-0.3, -0.25) is 4.79 Å². The molecule has 0 aliphatic heterocycles. The fourth-order valence-electron chi connectivity index (χ4n) is 3.49. The predicted octanol–water partition coefficient (Wildman–Crippen LogP) is 5.82. The van der Waals surface area contributed by atoms with Crippen LogP contribution in [0.3, 0.4) is 0 Å². The second-order valence-corrected chi connectivity index (χ2v) is 8.03. The van der Waals surface area contributed by atoms with E-state index in [-0.39, 0.29) is 39.7 Å². The van der Waals surface area contributed by atoms with Gasteiger partial charge in [-0.15, -0.1) is 0 Å². The summed E-state index contributed by atoms with van der Waals surface area (Å²) in [5.74, 6) is -0.0550. The summed E-state index contributed by atoms with van der Waals surface area (Å²) in [7, 11) is 1.43.